The van der Waals surface area contributed by atoms with Gasteiger partial charge in [-0.25, -0.2) is 0 Å². The van der Waals surface area contributed by atoms with Crippen molar-refractivity contribution in [3.8, 4) is 0 Å². The van der Waals surface area contributed by atoms with Gasteiger partial charge in [-0.3, -0.25) is 0 Å². The Morgan fingerprint density at radius 1 is 0.267 bits per heavy atom. The van der Waals surface area contributed by atoms with Crippen LogP contribution < -0.4 is 0 Å². The maximum absolute atomic E-state index is 2.52. The first-order valence-electron chi connectivity index (χ1n) is 16.0. The van der Waals surface area contributed by atoms with Crippen LogP contribution in [0.4, 0.5) is 0 Å². The Labute approximate surface area is 262 Å². The van der Waals surface area contributed by atoms with Crippen LogP contribution in [0, 0.1) is 0 Å². The quantitative estimate of drug-likeness (QED) is 0.183. The summed E-state index contributed by atoms with van der Waals surface area (Å²) in [7, 11) is 0. The van der Waals surface area contributed by atoms with Gasteiger partial charge in [-0.2, -0.15) is 0 Å². The van der Waals surface area contributed by atoms with Crippen molar-refractivity contribution >= 4 is 86.2 Å². The molecule has 0 aromatic heterocycles. The van der Waals surface area contributed by atoms with Gasteiger partial charge in [0.25, 0.3) is 0 Å². The Hall–Kier alpha value is -5.46. The van der Waals surface area contributed by atoms with E-state index in [2.05, 4.69) is 166 Å². The average molecular weight is 573 g/mol. The number of hydrogen-bond donors (Lipinski definition) is 0. The summed E-state index contributed by atoms with van der Waals surface area (Å²) in [5.74, 6) is 0.319. The van der Waals surface area contributed by atoms with Gasteiger partial charge >= 0.3 is 0 Å². The van der Waals surface area contributed by atoms with Crippen LogP contribution in [0.25, 0.3) is 86.2 Å². The molecular weight excluding hydrogens is 540 g/mol. The molecular formula is C45H32. The van der Waals surface area contributed by atoms with E-state index in [1.165, 1.54) is 91.7 Å². The van der Waals surface area contributed by atoms with Crippen LogP contribution in [-0.2, 0) is 0 Å². The second-order valence-electron chi connectivity index (χ2n) is 12.6. The number of fused-ring (bicyclic) bond motifs is 17. The lowest BCUT2D eigenvalue weighted by molar-refractivity contribution is 0.879. The van der Waals surface area contributed by atoms with Crippen LogP contribution in [0.5, 0.6) is 0 Å². The van der Waals surface area contributed by atoms with Gasteiger partial charge in [-0.05, 0) is 104 Å². The molecule has 0 radical (unpaired) electrons. The van der Waals surface area contributed by atoms with Crippen LogP contribution in [0.3, 0.4) is 0 Å². The van der Waals surface area contributed by atoms with Crippen molar-refractivity contribution in [2.75, 3.05) is 0 Å². The number of benzene rings is 7. The topological polar surface area (TPSA) is 0 Å². The Balaban J connectivity index is 1.80. The van der Waals surface area contributed by atoms with Crippen molar-refractivity contribution in [3.05, 3.63) is 157 Å². The van der Waals surface area contributed by atoms with Crippen LogP contribution in [-0.4, -0.2) is 0 Å². The molecule has 0 aliphatic heterocycles. The van der Waals surface area contributed by atoms with Crippen molar-refractivity contribution in [3.63, 3.8) is 0 Å². The van der Waals surface area contributed by atoms with E-state index < -0.39 is 0 Å². The molecule has 9 aromatic carbocycles. The number of hydrogen-bond acceptors (Lipinski definition) is 0. The Kier molecular flexibility index (Phi) is 5.80. The lowest BCUT2D eigenvalue weighted by Crippen LogP contribution is -1.94. The van der Waals surface area contributed by atoms with E-state index in [-0.39, 0.29) is 0 Å². The molecule has 0 unspecified atom stereocenters. The molecule has 45 heavy (non-hydrogen) atoms. The SMILES string of the molecule is CC(C)c1cc2c3ccccc3c3ccccc3c3ccccc3c2c2c3ccccc3c3ccccc3c3ccccc3c12. The lowest BCUT2D eigenvalue weighted by atomic mass is 9.84. The summed E-state index contributed by atoms with van der Waals surface area (Å²) in [5.41, 5.74) is 1.38. The Morgan fingerprint density at radius 2 is 0.511 bits per heavy atom. The van der Waals surface area contributed by atoms with Gasteiger partial charge in [0.2, 0.25) is 0 Å². The first-order chi connectivity index (χ1) is 22.2. The molecule has 0 nitrogen and oxygen atoms in total. The van der Waals surface area contributed by atoms with Crippen molar-refractivity contribution in [1.82, 2.24) is 0 Å². The second-order valence-corrected chi connectivity index (χ2v) is 12.6. The summed E-state index contributed by atoms with van der Waals surface area (Å²) in [4.78, 5) is 0. The molecule has 0 spiro atoms. The van der Waals surface area contributed by atoms with Gasteiger partial charge in [-0.1, -0.05) is 159 Å². The maximum atomic E-state index is 2.52. The molecule has 0 N–H and O–H groups in total. The van der Waals surface area contributed by atoms with Gasteiger partial charge < -0.3 is 0 Å². The standard InChI is InChI=1S/C45H32/c1-28(2)41-27-42-37-23-8-7-19-33(37)29-15-3-4-16-30(29)35-21-10-13-25-39(35)44(42)45-40-26-14-11-22-36(40)32-18-6-5-17-31(32)34-20-9-12-24-38(34)43(41)45/h3-28H,1-2H3. The highest BCUT2D eigenvalue weighted by Crippen LogP contribution is 2.46. The van der Waals surface area contributed by atoms with Gasteiger partial charge in [0.15, 0.2) is 0 Å². The zero-order chi connectivity index (χ0) is 30.1. The van der Waals surface area contributed by atoms with E-state index in [0.717, 1.165) is 0 Å². The highest BCUT2D eigenvalue weighted by atomic mass is 14.2. The molecule has 0 atom stereocenters. The van der Waals surface area contributed by atoms with Crippen LogP contribution in [0.15, 0.2) is 152 Å². The lowest BCUT2D eigenvalue weighted by Gasteiger charge is -2.19. The van der Waals surface area contributed by atoms with Gasteiger partial charge in [-0.15, -0.1) is 0 Å². The summed E-state index contributed by atoms with van der Waals surface area (Å²) in [5, 5.41) is 20.7. The van der Waals surface area contributed by atoms with E-state index in [1.54, 1.807) is 0 Å². The molecule has 0 fully saturated rings. The predicted octanol–water partition coefficient (Wildman–Crippen LogP) is 13.2. The first-order valence-corrected chi connectivity index (χ1v) is 16.0. The van der Waals surface area contributed by atoms with Crippen molar-refractivity contribution in [2.24, 2.45) is 0 Å². The van der Waals surface area contributed by atoms with E-state index >= 15 is 0 Å². The van der Waals surface area contributed by atoms with E-state index in [4.69, 9.17) is 0 Å². The van der Waals surface area contributed by atoms with Crippen LogP contribution >= 0.6 is 0 Å². The highest BCUT2D eigenvalue weighted by molar-refractivity contribution is 6.38. The van der Waals surface area contributed by atoms with Crippen molar-refractivity contribution in [1.29, 1.82) is 0 Å². The highest BCUT2D eigenvalue weighted by Gasteiger charge is 2.18. The predicted molar refractivity (Wildman–Crippen MR) is 198 cm³/mol. The summed E-state index contributed by atoms with van der Waals surface area (Å²) in [6.45, 7) is 4.70. The molecule has 9 aromatic rings. The van der Waals surface area contributed by atoms with Crippen molar-refractivity contribution in [2.45, 2.75) is 19.8 Å². The molecule has 0 aliphatic rings. The molecule has 0 amide bonds. The van der Waals surface area contributed by atoms with E-state index in [9.17, 15) is 0 Å². The largest absolute Gasteiger partial charge is 0.0616 e. The minimum atomic E-state index is 0.319. The molecule has 0 heterocycles. The third kappa shape index (κ3) is 3.79. The van der Waals surface area contributed by atoms with Crippen LogP contribution in [0.2, 0.25) is 0 Å². The fraction of sp³-hybridized carbons (Fsp3) is 0.0667. The number of rotatable bonds is 1. The maximum Gasteiger partial charge on any atom is -0.00110 e. The van der Waals surface area contributed by atoms with Crippen LogP contribution in [0.1, 0.15) is 25.3 Å². The fourth-order valence-corrected chi connectivity index (χ4v) is 7.88. The van der Waals surface area contributed by atoms with Gasteiger partial charge in [0.05, 0.1) is 0 Å². The zero-order valence-corrected chi connectivity index (χ0v) is 25.5. The molecule has 0 aliphatic carbocycles. The van der Waals surface area contributed by atoms with E-state index in [0.29, 0.717) is 5.92 Å². The Morgan fingerprint density at radius 3 is 0.844 bits per heavy atom. The molecule has 0 heteroatoms. The fourth-order valence-electron chi connectivity index (χ4n) is 7.88. The molecule has 0 saturated carbocycles. The summed E-state index contributed by atoms with van der Waals surface area (Å²) in [6, 6.07) is 56.6. The summed E-state index contributed by atoms with van der Waals surface area (Å²) in [6.07, 6.45) is 0. The minimum Gasteiger partial charge on any atom is -0.0616 e. The zero-order valence-electron chi connectivity index (χ0n) is 25.5. The summed E-state index contributed by atoms with van der Waals surface area (Å²) < 4.78 is 0. The van der Waals surface area contributed by atoms with Gasteiger partial charge in [0, 0.05) is 0 Å². The Bertz CT molecular complexity index is 2730. The second kappa shape index (κ2) is 10.0. The van der Waals surface area contributed by atoms with Crippen molar-refractivity contribution < 1.29 is 0 Å². The summed E-state index contributed by atoms with van der Waals surface area (Å²) >= 11 is 0. The average Bonchev–Trinajstić information content (AvgIpc) is 3.09. The molecule has 212 valence electrons. The third-order valence-electron chi connectivity index (χ3n) is 9.80. The van der Waals surface area contributed by atoms with E-state index in [1.807, 2.05) is 0 Å². The third-order valence-corrected chi connectivity index (χ3v) is 9.80. The monoisotopic (exact) mass is 572 g/mol. The normalized spacial score (nSPS) is 12.0. The molecule has 0 saturated heterocycles. The molecule has 9 rings (SSSR count). The minimum absolute atomic E-state index is 0.319. The van der Waals surface area contributed by atoms with Gasteiger partial charge in [0.1, 0.15) is 0 Å². The molecule has 0 bridgehead atoms. The smallest absolute Gasteiger partial charge is 0.00110 e. The first kappa shape index (κ1) is 26.0.